The molecule has 1 aromatic rings. The maximum atomic E-state index is 9.10. The number of pyridine rings is 1. The molecule has 0 bridgehead atoms. The lowest BCUT2D eigenvalue weighted by Gasteiger charge is -2.16. The smallest absolute Gasteiger partial charge is 0.0753 e. The van der Waals surface area contributed by atoms with Crippen molar-refractivity contribution < 1.29 is 0 Å². The minimum absolute atomic E-state index is 0.0105. The van der Waals surface area contributed by atoms with Crippen LogP contribution in [0.2, 0.25) is 0 Å². The Morgan fingerprint density at radius 2 is 2.36 bits per heavy atom. The molecule has 2 unspecified atom stereocenters. The molecule has 0 amide bonds. The van der Waals surface area contributed by atoms with Gasteiger partial charge in [0.15, 0.2) is 0 Å². The van der Waals surface area contributed by atoms with Gasteiger partial charge in [-0.15, -0.1) is 0 Å². The Bertz CT molecular complexity index is 300. The molecular weight excluding hydrogens is 172 g/mol. The van der Waals surface area contributed by atoms with Crippen molar-refractivity contribution in [2.45, 2.75) is 32.6 Å². The van der Waals surface area contributed by atoms with Gasteiger partial charge < -0.3 is 0 Å². The first kappa shape index (κ1) is 10.7. The zero-order valence-corrected chi connectivity index (χ0v) is 8.77. The van der Waals surface area contributed by atoms with Gasteiger partial charge in [-0.25, -0.2) is 0 Å². The highest BCUT2D eigenvalue weighted by Gasteiger charge is 2.17. The molecule has 0 radical (unpaired) electrons. The van der Waals surface area contributed by atoms with Gasteiger partial charge in [-0.1, -0.05) is 26.3 Å². The summed E-state index contributed by atoms with van der Waals surface area (Å²) in [6, 6.07) is 6.23. The lowest BCUT2D eigenvalue weighted by molar-refractivity contribution is 0.483. The topological polar surface area (TPSA) is 36.7 Å². The van der Waals surface area contributed by atoms with E-state index in [0.29, 0.717) is 5.92 Å². The molecule has 0 N–H and O–H groups in total. The molecule has 2 heteroatoms. The second kappa shape index (κ2) is 5.39. The van der Waals surface area contributed by atoms with E-state index in [2.05, 4.69) is 24.9 Å². The van der Waals surface area contributed by atoms with E-state index in [1.54, 1.807) is 12.4 Å². The first-order valence-corrected chi connectivity index (χ1v) is 5.09. The van der Waals surface area contributed by atoms with Crippen molar-refractivity contribution in [2.75, 3.05) is 0 Å². The third kappa shape index (κ3) is 2.56. The summed E-state index contributed by atoms with van der Waals surface area (Å²) in [4.78, 5) is 4.04. The zero-order valence-electron chi connectivity index (χ0n) is 8.77. The Hall–Kier alpha value is -1.36. The standard InChI is InChI=1S/C12H16N2/c1-3-5-10(2)12(8-13)11-6-4-7-14-9-11/h4,6-7,9-10,12H,3,5H2,1-2H3. The number of rotatable bonds is 4. The highest BCUT2D eigenvalue weighted by molar-refractivity contribution is 5.21. The van der Waals surface area contributed by atoms with Gasteiger partial charge in [0.1, 0.15) is 0 Å². The summed E-state index contributed by atoms with van der Waals surface area (Å²) in [6.07, 6.45) is 5.75. The maximum Gasteiger partial charge on any atom is 0.0753 e. The largest absolute Gasteiger partial charge is 0.264 e. The molecular formula is C12H16N2. The van der Waals surface area contributed by atoms with E-state index in [-0.39, 0.29) is 5.92 Å². The molecule has 0 spiro atoms. The average Bonchev–Trinajstić information content (AvgIpc) is 2.21. The molecule has 0 saturated carbocycles. The van der Waals surface area contributed by atoms with Crippen molar-refractivity contribution in [3.8, 4) is 6.07 Å². The minimum atomic E-state index is -0.0105. The normalized spacial score (nSPS) is 14.4. The SMILES string of the molecule is CCCC(C)C(C#N)c1cccnc1. The first-order chi connectivity index (χ1) is 6.79. The van der Waals surface area contributed by atoms with Crippen molar-refractivity contribution in [3.05, 3.63) is 30.1 Å². The van der Waals surface area contributed by atoms with Crippen LogP contribution in [0.3, 0.4) is 0 Å². The molecule has 14 heavy (non-hydrogen) atoms. The summed E-state index contributed by atoms with van der Waals surface area (Å²) in [7, 11) is 0. The highest BCUT2D eigenvalue weighted by Crippen LogP contribution is 2.26. The molecule has 2 atom stereocenters. The molecule has 1 aromatic heterocycles. The van der Waals surface area contributed by atoms with Crippen LogP contribution in [0.15, 0.2) is 24.5 Å². The molecule has 0 aliphatic rings. The molecule has 0 aliphatic carbocycles. The van der Waals surface area contributed by atoms with Gasteiger partial charge >= 0.3 is 0 Å². The van der Waals surface area contributed by atoms with Crippen molar-refractivity contribution in [1.29, 1.82) is 5.26 Å². The third-order valence-corrected chi connectivity index (χ3v) is 2.50. The van der Waals surface area contributed by atoms with Crippen LogP contribution in [-0.4, -0.2) is 4.98 Å². The number of hydrogen-bond donors (Lipinski definition) is 0. The van der Waals surface area contributed by atoms with E-state index in [0.717, 1.165) is 18.4 Å². The van der Waals surface area contributed by atoms with Gasteiger partial charge in [-0.05, 0) is 24.0 Å². The van der Waals surface area contributed by atoms with Crippen LogP contribution in [-0.2, 0) is 0 Å². The van der Waals surface area contributed by atoms with Crippen molar-refractivity contribution in [1.82, 2.24) is 4.98 Å². The zero-order chi connectivity index (χ0) is 10.4. The van der Waals surface area contributed by atoms with Crippen LogP contribution in [0.5, 0.6) is 0 Å². The van der Waals surface area contributed by atoms with Crippen molar-refractivity contribution in [2.24, 2.45) is 5.92 Å². The molecule has 74 valence electrons. The molecule has 1 rings (SSSR count). The summed E-state index contributed by atoms with van der Waals surface area (Å²) < 4.78 is 0. The number of nitriles is 1. The minimum Gasteiger partial charge on any atom is -0.264 e. The van der Waals surface area contributed by atoms with E-state index >= 15 is 0 Å². The van der Waals surface area contributed by atoms with Crippen molar-refractivity contribution >= 4 is 0 Å². The lowest BCUT2D eigenvalue weighted by Crippen LogP contribution is -2.07. The summed E-state index contributed by atoms with van der Waals surface area (Å²) in [5.41, 5.74) is 1.04. The Morgan fingerprint density at radius 3 is 2.86 bits per heavy atom. The van der Waals surface area contributed by atoms with Gasteiger partial charge in [-0.2, -0.15) is 5.26 Å². The summed E-state index contributed by atoms with van der Waals surface area (Å²) in [5.74, 6) is 0.401. The molecule has 2 nitrogen and oxygen atoms in total. The predicted molar refractivity (Wildman–Crippen MR) is 56.7 cm³/mol. The van der Waals surface area contributed by atoms with Gasteiger partial charge in [-0.3, -0.25) is 4.98 Å². The lowest BCUT2D eigenvalue weighted by atomic mass is 9.86. The van der Waals surface area contributed by atoms with Crippen LogP contribution < -0.4 is 0 Å². The number of nitrogens with zero attached hydrogens (tertiary/aromatic N) is 2. The fourth-order valence-electron chi connectivity index (χ4n) is 1.71. The first-order valence-electron chi connectivity index (χ1n) is 5.09. The van der Waals surface area contributed by atoms with Gasteiger partial charge in [0.25, 0.3) is 0 Å². The fraction of sp³-hybridized carbons (Fsp3) is 0.500. The average molecular weight is 188 g/mol. The van der Waals surface area contributed by atoms with Crippen LogP contribution in [0, 0.1) is 17.2 Å². The van der Waals surface area contributed by atoms with Crippen LogP contribution >= 0.6 is 0 Å². The molecule has 0 fully saturated rings. The second-order valence-electron chi connectivity index (χ2n) is 3.66. The van der Waals surface area contributed by atoms with E-state index in [9.17, 15) is 0 Å². The fourth-order valence-corrected chi connectivity index (χ4v) is 1.71. The number of aromatic nitrogens is 1. The molecule has 1 heterocycles. The Balaban J connectivity index is 2.78. The second-order valence-corrected chi connectivity index (χ2v) is 3.66. The van der Waals surface area contributed by atoms with Crippen LogP contribution in [0.25, 0.3) is 0 Å². The monoisotopic (exact) mass is 188 g/mol. The van der Waals surface area contributed by atoms with Crippen molar-refractivity contribution in [3.63, 3.8) is 0 Å². The number of hydrogen-bond acceptors (Lipinski definition) is 2. The van der Waals surface area contributed by atoms with Crippen LogP contribution in [0.1, 0.15) is 38.2 Å². The molecule has 0 saturated heterocycles. The van der Waals surface area contributed by atoms with Crippen LogP contribution in [0.4, 0.5) is 0 Å². The quantitative estimate of drug-likeness (QED) is 0.727. The predicted octanol–water partition coefficient (Wildman–Crippen LogP) is 3.12. The third-order valence-electron chi connectivity index (χ3n) is 2.50. The Morgan fingerprint density at radius 1 is 1.57 bits per heavy atom. The Labute approximate surface area is 85.6 Å². The van der Waals surface area contributed by atoms with E-state index in [4.69, 9.17) is 5.26 Å². The summed E-state index contributed by atoms with van der Waals surface area (Å²) >= 11 is 0. The van der Waals surface area contributed by atoms with Gasteiger partial charge in [0.2, 0.25) is 0 Å². The van der Waals surface area contributed by atoms with E-state index in [1.165, 1.54) is 0 Å². The van der Waals surface area contributed by atoms with E-state index < -0.39 is 0 Å². The van der Waals surface area contributed by atoms with Gasteiger partial charge in [0, 0.05) is 12.4 Å². The molecule has 0 aromatic carbocycles. The van der Waals surface area contributed by atoms with E-state index in [1.807, 2.05) is 12.1 Å². The highest BCUT2D eigenvalue weighted by atomic mass is 14.6. The van der Waals surface area contributed by atoms with Gasteiger partial charge in [0.05, 0.1) is 12.0 Å². The molecule has 0 aliphatic heterocycles. The maximum absolute atomic E-state index is 9.10. The summed E-state index contributed by atoms with van der Waals surface area (Å²) in [6.45, 7) is 4.28. The summed E-state index contributed by atoms with van der Waals surface area (Å²) in [5, 5.41) is 9.10. The Kier molecular flexibility index (Phi) is 4.12.